The summed E-state index contributed by atoms with van der Waals surface area (Å²) in [4.78, 5) is 17.1. The molecule has 1 saturated carbocycles. The maximum atomic E-state index is 13.2. The van der Waals surface area contributed by atoms with Crippen molar-refractivity contribution in [1.82, 2.24) is 4.98 Å². The van der Waals surface area contributed by atoms with E-state index < -0.39 is 15.3 Å². The lowest BCUT2D eigenvalue weighted by atomic mass is 9.86. The van der Waals surface area contributed by atoms with Gasteiger partial charge in [-0.05, 0) is 80.0 Å². The molecule has 1 fully saturated rings. The van der Waals surface area contributed by atoms with Crippen LogP contribution in [0.25, 0.3) is 0 Å². The van der Waals surface area contributed by atoms with Crippen LogP contribution in [0.3, 0.4) is 0 Å². The number of nitrogens with zero attached hydrogens (tertiary/aromatic N) is 2. The van der Waals surface area contributed by atoms with Gasteiger partial charge in [0.1, 0.15) is 14.8 Å². The van der Waals surface area contributed by atoms with Gasteiger partial charge in [-0.2, -0.15) is 4.36 Å². The highest BCUT2D eigenvalue weighted by Gasteiger charge is 2.32. The minimum Gasteiger partial charge on any atom is -0.383 e. The second-order valence-corrected chi connectivity index (χ2v) is 12.8. The maximum absolute atomic E-state index is 13.2. The van der Waals surface area contributed by atoms with E-state index in [1.165, 1.54) is 42.0 Å². The van der Waals surface area contributed by atoms with Crippen molar-refractivity contribution in [2.75, 3.05) is 6.26 Å². The van der Waals surface area contributed by atoms with E-state index in [0.29, 0.717) is 21.1 Å². The van der Waals surface area contributed by atoms with E-state index in [1.807, 2.05) is 0 Å². The molecule has 2 atom stereocenters. The number of aryl methyl sites for hydroxylation is 1. The summed E-state index contributed by atoms with van der Waals surface area (Å²) in [6.07, 6.45) is 8.87. The van der Waals surface area contributed by atoms with E-state index in [0.717, 1.165) is 36.2 Å². The minimum absolute atomic E-state index is 0.206. The Morgan fingerprint density at radius 1 is 1.37 bits per heavy atom. The number of amides is 1. The Bertz CT molecular complexity index is 1100. The fraction of sp³-hybridized carbons (Fsp3) is 0.565. The quantitative estimate of drug-likeness (QED) is 0.703. The third-order valence-corrected chi connectivity index (χ3v) is 9.93. The van der Waals surface area contributed by atoms with Gasteiger partial charge in [-0.3, -0.25) is 4.79 Å². The summed E-state index contributed by atoms with van der Waals surface area (Å²) in [6, 6.07) is 4.44. The minimum atomic E-state index is -2.90. The van der Waals surface area contributed by atoms with Gasteiger partial charge in [0, 0.05) is 6.26 Å². The SMILES string of the molecule is C[C@H](c1ccc2c(c1CC(=O)N=S(C)(=O)c1cnc(C(C)(C)O)s1)CCC2)C1CC1. The second-order valence-electron chi connectivity index (χ2n) is 9.26. The lowest BCUT2D eigenvalue weighted by molar-refractivity contribution is -0.117. The molecular formula is C23H30N2O3S2. The number of carbonyl (C=O) groups excluding carboxylic acids is 1. The number of aliphatic hydroxyl groups is 1. The number of carbonyl (C=O) groups is 1. The van der Waals surface area contributed by atoms with E-state index in [9.17, 15) is 14.1 Å². The number of hydrogen-bond acceptors (Lipinski definition) is 5. The Hall–Kier alpha value is -1.57. The van der Waals surface area contributed by atoms with Crippen LogP contribution >= 0.6 is 11.3 Å². The average Bonchev–Trinajstić information content (AvgIpc) is 3.16. The molecule has 5 nitrogen and oxygen atoms in total. The molecule has 1 aromatic carbocycles. The predicted molar refractivity (Wildman–Crippen MR) is 120 cm³/mol. The first-order valence-corrected chi connectivity index (χ1v) is 13.4. The molecule has 0 saturated heterocycles. The van der Waals surface area contributed by atoms with Gasteiger partial charge in [-0.25, -0.2) is 9.19 Å². The van der Waals surface area contributed by atoms with Gasteiger partial charge in [-0.1, -0.05) is 19.1 Å². The van der Waals surface area contributed by atoms with Crippen molar-refractivity contribution in [3.63, 3.8) is 0 Å². The Labute approximate surface area is 183 Å². The summed E-state index contributed by atoms with van der Waals surface area (Å²) in [6.45, 7) is 5.53. The molecule has 2 aliphatic rings. The molecule has 2 aromatic rings. The molecule has 2 aliphatic carbocycles. The van der Waals surface area contributed by atoms with Crippen molar-refractivity contribution in [2.45, 2.75) is 75.0 Å². The Balaban J connectivity index is 1.64. The highest BCUT2D eigenvalue weighted by atomic mass is 32.2. The fourth-order valence-corrected chi connectivity index (χ4v) is 6.80. The molecule has 0 bridgehead atoms. The van der Waals surface area contributed by atoms with Crippen LogP contribution in [0.2, 0.25) is 0 Å². The molecule has 0 spiro atoms. The van der Waals surface area contributed by atoms with Gasteiger partial charge in [0.2, 0.25) is 0 Å². The monoisotopic (exact) mass is 446 g/mol. The normalized spacial score (nSPS) is 19.2. The van der Waals surface area contributed by atoms with Gasteiger partial charge in [0.25, 0.3) is 5.91 Å². The average molecular weight is 447 g/mol. The van der Waals surface area contributed by atoms with Gasteiger partial charge >= 0.3 is 0 Å². The van der Waals surface area contributed by atoms with Crippen LogP contribution in [-0.2, 0) is 39.4 Å². The molecule has 0 radical (unpaired) electrons. The lowest BCUT2D eigenvalue weighted by Gasteiger charge is -2.19. The Morgan fingerprint density at radius 2 is 2.10 bits per heavy atom. The number of thiazole rings is 1. The molecule has 1 N–H and O–H groups in total. The first-order valence-electron chi connectivity index (χ1n) is 10.6. The molecule has 1 aromatic heterocycles. The molecule has 1 heterocycles. The molecule has 30 heavy (non-hydrogen) atoms. The van der Waals surface area contributed by atoms with E-state index in [4.69, 9.17) is 0 Å². The van der Waals surface area contributed by atoms with Crippen LogP contribution in [0.4, 0.5) is 0 Å². The van der Waals surface area contributed by atoms with Gasteiger partial charge in [-0.15, -0.1) is 11.3 Å². The third kappa shape index (κ3) is 4.39. The number of rotatable bonds is 6. The van der Waals surface area contributed by atoms with E-state index in [2.05, 4.69) is 28.4 Å². The highest BCUT2D eigenvalue weighted by molar-refractivity contribution is 7.95. The number of hydrogen-bond donors (Lipinski definition) is 1. The number of fused-ring (bicyclic) bond motifs is 1. The van der Waals surface area contributed by atoms with Crippen LogP contribution in [0.1, 0.15) is 73.2 Å². The topological polar surface area (TPSA) is 79.6 Å². The highest BCUT2D eigenvalue weighted by Crippen LogP contribution is 2.44. The molecule has 162 valence electrons. The van der Waals surface area contributed by atoms with Gasteiger partial charge in [0.05, 0.1) is 22.3 Å². The van der Waals surface area contributed by atoms with E-state index in [1.54, 1.807) is 13.8 Å². The molecule has 4 rings (SSSR count). The molecule has 0 aliphatic heterocycles. The smallest absolute Gasteiger partial charge is 0.258 e. The molecule has 1 amide bonds. The van der Waals surface area contributed by atoms with Gasteiger partial charge in [0.15, 0.2) is 0 Å². The van der Waals surface area contributed by atoms with Crippen molar-refractivity contribution in [3.05, 3.63) is 45.6 Å². The van der Waals surface area contributed by atoms with Crippen molar-refractivity contribution in [1.29, 1.82) is 0 Å². The zero-order chi connectivity index (χ0) is 21.7. The third-order valence-electron chi connectivity index (χ3n) is 6.24. The number of aromatic nitrogens is 1. The first kappa shape index (κ1) is 21.7. The molecule has 7 heteroatoms. The summed E-state index contributed by atoms with van der Waals surface area (Å²) in [7, 11) is -2.90. The lowest BCUT2D eigenvalue weighted by Crippen LogP contribution is -2.14. The van der Waals surface area contributed by atoms with Crippen molar-refractivity contribution in [3.8, 4) is 0 Å². The van der Waals surface area contributed by atoms with Crippen LogP contribution in [0, 0.1) is 5.92 Å². The van der Waals surface area contributed by atoms with Gasteiger partial charge < -0.3 is 5.11 Å². The fourth-order valence-electron chi connectivity index (χ4n) is 4.39. The molecule has 1 unspecified atom stereocenters. The van der Waals surface area contributed by atoms with E-state index >= 15 is 0 Å². The van der Waals surface area contributed by atoms with Crippen LogP contribution in [-0.4, -0.2) is 26.5 Å². The van der Waals surface area contributed by atoms with Crippen LogP contribution in [0.5, 0.6) is 0 Å². The standard InChI is InChI=1S/C23H30N2O3S2/c1-14(15-8-9-15)17-11-10-16-6-5-7-18(16)19(17)12-20(26)25-30(4,28)21-13-24-22(29-21)23(2,3)27/h10-11,13-15,27H,5-9,12H2,1-4H3/t14-,30?/m0/s1. The molecular weight excluding hydrogens is 416 g/mol. The second kappa shape index (κ2) is 7.84. The van der Waals surface area contributed by atoms with Crippen LogP contribution in [0.15, 0.2) is 26.9 Å². The van der Waals surface area contributed by atoms with E-state index in [-0.39, 0.29) is 12.3 Å². The summed E-state index contributed by atoms with van der Waals surface area (Å²) in [5, 5.41) is 10.6. The van der Waals surface area contributed by atoms with Crippen LogP contribution < -0.4 is 0 Å². The summed E-state index contributed by atoms with van der Waals surface area (Å²) >= 11 is 1.15. The first-order chi connectivity index (χ1) is 14.1. The summed E-state index contributed by atoms with van der Waals surface area (Å²) in [5.41, 5.74) is 3.94. The Kier molecular flexibility index (Phi) is 5.66. The maximum Gasteiger partial charge on any atom is 0.258 e. The van der Waals surface area contributed by atoms with Crippen molar-refractivity contribution < 1.29 is 14.1 Å². The van der Waals surface area contributed by atoms with Crippen molar-refractivity contribution >= 4 is 27.0 Å². The predicted octanol–water partition coefficient (Wildman–Crippen LogP) is 4.60. The summed E-state index contributed by atoms with van der Waals surface area (Å²) in [5.74, 6) is 0.814. The summed E-state index contributed by atoms with van der Waals surface area (Å²) < 4.78 is 17.8. The zero-order valence-corrected chi connectivity index (χ0v) is 19.7. The zero-order valence-electron chi connectivity index (χ0n) is 18.1. The Morgan fingerprint density at radius 3 is 2.73 bits per heavy atom. The largest absolute Gasteiger partial charge is 0.383 e. The van der Waals surface area contributed by atoms with Crippen molar-refractivity contribution in [2.24, 2.45) is 10.3 Å². The number of benzene rings is 1.